The maximum Gasteiger partial charge on any atom is 0.252 e. The Morgan fingerprint density at radius 3 is 2.51 bits per heavy atom. The molecule has 0 radical (unpaired) electrons. The van der Waals surface area contributed by atoms with Gasteiger partial charge in [-0.2, -0.15) is 0 Å². The van der Waals surface area contributed by atoms with Gasteiger partial charge in [-0.1, -0.05) is 42.5 Å². The van der Waals surface area contributed by atoms with Gasteiger partial charge in [-0.05, 0) is 36.1 Å². The minimum Gasteiger partial charge on any atom is -0.480 e. The number of aryl methyl sites for hydroxylation is 1. The molecule has 0 bridgehead atoms. The van der Waals surface area contributed by atoms with Crippen LogP contribution in [0, 0.1) is 5.92 Å². The van der Waals surface area contributed by atoms with Crippen LogP contribution >= 0.6 is 0 Å². The van der Waals surface area contributed by atoms with Gasteiger partial charge in [-0.25, -0.2) is 5.06 Å². The average molecular weight is 508 g/mol. The third-order valence-corrected chi connectivity index (χ3v) is 5.61. The monoisotopic (exact) mass is 507 g/mol. The highest BCUT2D eigenvalue weighted by molar-refractivity contribution is 5.95. The van der Waals surface area contributed by atoms with Crippen LogP contribution in [0.4, 0.5) is 0 Å². The zero-order chi connectivity index (χ0) is 26.6. The van der Waals surface area contributed by atoms with Crippen molar-refractivity contribution in [3.05, 3.63) is 71.8 Å². The van der Waals surface area contributed by atoms with Crippen LogP contribution in [0.3, 0.4) is 0 Å². The number of rotatable bonds is 13. The number of nitrogens with zero attached hydrogens (tertiary/aromatic N) is 3. The Morgan fingerprint density at radius 1 is 1.03 bits per heavy atom. The van der Waals surface area contributed by atoms with Crippen molar-refractivity contribution < 1.29 is 29.1 Å². The van der Waals surface area contributed by atoms with E-state index in [-0.39, 0.29) is 25.5 Å². The first kappa shape index (κ1) is 27.1. The third-order valence-electron chi connectivity index (χ3n) is 5.61. The molecule has 0 unspecified atom stereocenters. The van der Waals surface area contributed by atoms with Crippen LogP contribution in [0.5, 0.6) is 11.8 Å². The number of nitrogens with one attached hydrogen (secondary N) is 2. The summed E-state index contributed by atoms with van der Waals surface area (Å²) in [5.41, 5.74) is 2.65. The Kier molecular flexibility index (Phi) is 9.91. The fourth-order valence-corrected chi connectivity index (χ4v) is 3.67. The molecule has 1 atom stereocenters. The largest absolute Gasteiger partial charge is 0.480 e. The summed E-state index contributed by atoms with van der Waals surface area (Å²) < 4.78 is 10.4. The van der Waals surface area contributed by atoms with Crippen LogP contribution in [-0.4, -0.2) is 66.1 Å². The first-order chi connectivity index (χ1) is 17.9. The van der Waals surface area contributed by atoms with Gasteiger partial charge in [0.15, 0.2) is 0 Å². The van der Waals surface area contributed by atoms with Gasteiger partial charge in [0.25, 0.3) is 5.91 Å². The van der Waals surface area contributed by atoms with E-state index >= 15 is 0 Å². The fourth-order valence-electron chi connectivity index (χ4n) is 3.67. The molecule has 194 valence electrons. The second kappa shape index (κ2) is 13.5. The number of methoxy groups -OCH3 is 2. The van der Waals surface area contributed by atoms with E-state index in [2.05, 4.69) is 20.8 Å². The van der Waals surface area contributed by atoms with E-state index in [0.717, 1.165) is 5.56 Å². The van der Waals surface area contributed by atoms with E-state index in [4.69, 9.17) is 9.47 Å². The van der Waals surface area contributed by atoms with Crippen molar-refractivity contribution in [1.82, 2.24) is 25.9 Å². The Labute approximate surface area is 214 Å². The molecule has 3 amide bonds. The summed E-state index contributed by atoms with van der Waals surface area (Å²) in [6.07, 6.45) is 1.24. The standard InChI is InChI=1S/C26H29N5O6/c1-36-23-14-22(26(37-2)30-29-23)19-9-6-10-20(13-19)24(33)27-16-28-25(34)21(15-31(35)17-32)12-11-18-7-4-3-5-8-18/h3-10,13-14,17,21,35H,11-12,15-16H2,1-2H3,(H,27,33)(H,28,34)/t21-/m1/s1. The number of amides is 3. The van der Waals surface area contributed by atoms with Crippen LogP contribution in [0.25, 0.3) is 11.1 Å². The smallest absolute Gasteiger partial charge is 0.252 e. The second-order valence-corrected chi connectivity index (χ2v) is 8.06. The summed E-state index contributed by atoms with van der Waals surface area (Å²) in [6, 6.07) is 18.0. The molecule has 3 rings (SSSR count). The first-order valence-electron chi connectivity index (χ1n) is 11.5. The van der Waals surface area contributed by atoms with Gasteiger partial charge in [0.1, 0.15) is 0 Å². The molecular weight excluding hydrogens is 478 g/mol. The van der Waals surface area contributed by atoms with Crippen LogP contribution in [0.2, 0.25) is 0 Å². The first-order valence-corrected chi connectivity index (χ1v) is 11.5. The van der Waals surface area contributed by atoms with E-state index in [1.165, 1.54) is 14.2 Å². The lowest BCUT2D eigenvalue weighted by Crippen LogP contribution is -2.43. The fraction of sp³-hybridized carbons (Fsp3) is 0.269. The molecule has 3 aromatic rings. The van der Waals surface area contributed by atoms with Crippen molar-refractivity contribution in [2.75, 3.05) is 27.4 Å². The number of aromatic nitrogens is 2. The topological polar surface area (TPSA) is 143 Å². The summed E-state index contributed by atoms with van der Waals surface area (Å²) in [5, 5.41) is 23.2. The Bertz CT molecular complexity index is 1210. The predicted octanol–water partition coefficient (Wildman–Crippen LogP) is 2.06. The Hall–Kier alpha value is -4.51. The zero-order valence-corrected chi connectivity index (χ0v) is 20.6. The summed E-state index contributed by atoms with van der Waals surface area (Å²) in [7, 11) is 2.94. The molecule has 0 aliphatic heterocycles. The summed E-state index contributed by atoms with van der Waals surface area (Å²) in [5.74, 6) is -0.901. The number of carbonyl (C=O) groups is 3. The molecule has 1 heterocycles. The maximum atomic E-state index is 12.8. The van der Waals surface area contributed by atoms with Gasteiger partial charge in [0.05, 0.1) is 38.9 Å². The quantitative estimate of drug-likeness (QED) is 0.138. The van der Waals surface area contributed by atoms with Gasteiger partial charge < -0.3 is 20.1 Å². The minimum absolute atomic E-state index is 0.135. The molecule has 11 heteroatoms. The number of ether oxygens (including phenoxy) is 2. The van der Waals surface area contributed by atoms with E-state index in [9.17, 15) is 19.6 Å². The molecule has 1 aromatic heterocycles. The van der Waals surface area contributed by atoms with Crippen molar-refractivity contribution in [3.63, 3.8) is 0 Å². The summed E-state index contributed by atoms with van der Waals surface area (Å²) in [4.78, 5) is 36.4. The lowest BCUT2D eigenvalue weighted by atomic mass is 9.98. The lowest BCUT2D eigenvalue weighted by Gasteiger charge is -2.20. The second-order valence-electron chi connectivity index (χ2n) is 8.06. The van der Waals surface area contributed by atoms with Gasteiger partial charge >= 0.3 is 0 Å². The molecular formula is C26H29N5O6. The number of hydroxylamine groups is 2. The minimum atomic E-state index is -0.669. The summed E-state index contributed by atoms with van der Waals surface area (Å²) in [6.45, 7) is -0.298. The SMILES string of the molecule is COc1cc(-c2cccc(C(=O)NCNC(=O)[C@H](CCc3ccccc3)CN(O)C=O)c2)c(OC)nn1. The van der Waals surface area contributed by atoms with E-state index in [1.807, 2.05) is 30.3 Å². The van der Waals surface area contributed by atoms with E-state index < -0.39 is 17.7 Å². The normalized spacial score (nSPS) is 11.2. The Balaban J connectivity index is 1.62. The molecule has 3 N–H and O–H groups in total. The van der Waals surface area contributed by atoms with Crippen molar-refractivity contribution >= 4 is 18.2 Å². The van der Waals surface area contributed by atoms with Gasteiger partial charge in [-0.3, -0.25) is 19.6 Å². The van der Waals surface area contributed by atoms with Crippen molar-refractivity contribution in [2.45, 2.75) is 12.8 Å². The molecule has 11 nitrogen and oxygen atoms in total. The Morgan fingerprint density at radius 2 is 1.81 bits per heavy atom. The van der Waals surface area contributed by atoms with Crippen LogP contribution < -0.4 is 20.1 Å². The van der Waals surface area contributed by atoms with Crippen LogP contribution in [0.15, 0.2) is 60.7 Å². The molecule has 0 fully saturated rings. The summed E-state index contributed by atoms with van der Waals surface area (Å²) >= 11 is 0. The maximum absolute atomic E-state index is 12.8. The molecule has 0 saturated heterocycles. The number of hydrogen-bond donors (Lipinski definition) is 3. The van der Waals surface area contributed by atoms with E-state index in [0.29, 0.717) is 40.5 Å². The predicted molar refractivity (Wildman–Crippen MR) is 134 cm³/mol. The van der Waals surface area contributed by atoms with Gasteiger partial charge in [0.2, 0.25) is 24.1 Å². The van der Waals surface area contributed by atoms with Crippen molar-refractivity contribution in [1.29, 1.82) is 0 Å². The van der Waals surface area contributed by atoms with Crippen molar-refractivity contribution in [2.24, 2.45) is 5.92 Å². The average Bonchev–Trinajstić information content (AvgIpc) is 2.95. The number of benzene rings is 2. The van der Waals surface area contributed by atoms with Gasteiger partial charge in [0, 0.05) is 11.6 Å². The van der Waals surface area contributed by atoms with Crippen molar-refractivity contribution in [3.8, 4) is 22.9 Å². The highest BCUT2D eigenvalue weighted by atomic mass is 16.5. The zero-order valence-electron chi connectivity index (χ0n) is 20.6. The highest BCUT2D eigenvalue weighted by Gasteiger charge is 2.21. The van der Waals surface area contributed by atoms with Gasteiger partial charge in [-0.15, -0.1) is 10.2 Å². The molecule has 0 aliphatic carbocycles. The lowest BCUT2D eigenvalue weighted by molar-refractivity contribution is -0.154. The molecule has 37 heavy (non-hydrogen) atoms. The van der Waals surface area contributed by atoms with Crippen LogP contribution in [0.1, 0.15) is 22.3 Å². The molecule has 0 aliphatic rings. The number of hydrogen-bond acceptors (Lipinski definition) is 8. The molecule has 2 aromatic carbocycles. The van der Waals surface area contributed by atoms with Crippen LogP contribution in [-0.2, 0) is 16.0 Å². The van der Waals surface area contributed by atoms with E-state index in [1.54, 1.807) is 30.3 Å². The third kappa shape index (κ3) is 7.74. The molecule has 0 saturated carbocycles. The highest BCUT2D eigenvalue weighted by Crippen LogP contribution is 2.30. The number of carbonyl (C=O) groups excluding carboxylic acids is 3. The molecule has 0 spiro atoms.